The fourth-order valence-corrected chi connectivity index (χ4v) is 3.96. The molecule has 140 valence electrons. The van der Waals surface area contributed by atoms with Gasteiger partial charge in [0.05, 0.1) is 23.6 Å². The zero-order valence-electron chi connectivity index (χ0n) is 14.5. The first kappa shape index (κ1) is 17.3. The van der Waals surface area contributed by atoms with Gasteiger partial charge in [-0.3, -0.25) is 24.2 Å². The van der Waals surface area contributed by atoms with E-state index in [2.05, 4.69) is 4.98 Å². The predicted octanol–water partition coefficient (Wildman–Crippen LogP) is 0.347. The van der Waals surface area contributed by atoms with Gasteiger partial charge in [0.2, 0.25) is 11.8 Å². The van der Waals surface area contributed by atoms with Crippen molar-refractivity contribution in [3.63, 3.8) is 0 Å². The van der Waals surface area contributed by atoms with E-state index in [9.17, 15) is 19.2 Å². The van der Waals surface area contributed by atoms with Gasteiger partial charge >= 0.3 is 11.9 Å². The SMILES string of the molecule is CC(=O)OC(OC(C)=O)[C@@]12C=C[C@@H](O1)[C@@H]1C(=O)N(c3ccncc3)C(=O)[C@H]12. The molecule has 0 aromatic carbocycles. The third-order valence-electron chi connectivity index (χ3n) is 4.91. The van der Waals surface area contributed by atoms with E-state index in [1.54, 1.807) is 18.2 Å². The van der Waals surface area contributed by atoms with E-state index in [-0.39, 0.29) is 0 Å². The minimum absolute atomic E-state index is 0.389. The molecule has 4 rings (SSSR count). The maximum atomic E-state index is 13.2. The van der Waals surface area contributed by atoms with Crippen LogP contribution in [0.1, 0.15) is 13.8 Å². The van der Waals surface area contributed by atoms with Crippen LogP contribution < -0.4 is 4.90 Å². The smallest absolute Gasteiger partial charge is 0.305 e. The van der Waals surface area contributed by atoms with E-state index in [4.69, 9.17) is 14.2 Å². The van der Waals surface area contributed by atoms with Gasteiger partial charge in [0.25, 0.3) is 6.29 Å². The molecule has 3 aliphatic heterocycles. The number of ether oxygens (including phenoxy) is 3. The Balaban J connectivity index is 1.75. The Morgan fingerprint density at radius 2 is 1.78 bits per heavy atom. The summed E-state index contributed by atoms with van der Waals surface area (Å²) < 4.78 is 16.2. The molecule has 27 heavy (non-hydrogen) atoms. The van der Waals surface area contributed by atoms with Crippen molar-refractivity contribution in [2.24, 2.45) is 11.8 Å². The predicted molar refractivity (Wildman–Crippen MR) is 87.8 cm³/mol. The largest absolute Gasteiger partial charge is 0.422 e. The second kappa shape index (κ2) is 5.98. The van der Waals surface area contributed by atoms with E-state index in [1.165, 1.54) is 18.5 Å². The van der Waals surface area contributed by atoms with Gasteiger partial charge in [-0.05, 0) is 18.2 Å². The highest BCUT2D eigenvalue weighted by molar-refractivity contribution is 6.23. The summed E-state index contributed by atoms with van der Waals surface area (Å²) in [4.78, 5) is 54.1. The summed E-state index contributed by atoms with van der Waals surface area (Å²) in [7, 11) is 0. The lowest BCUT2D eigenvalue weighted by Gasteiger charge is -2.34. The lowest BCUT2D eigenvalue weighted by molar-refractivity contribution is -0.226. The zero-order valence-corrected chi connectivity index (χ0v) is 14.5. The zero-order chi connectivity index (χ0) is 19.3. The number of carbonyl (C=O) groups excluding carboxylic acids is 4. The van der Waals surface area contributed by atoms with Crippen LogP contribution >= 0.6 is 0 Å². The Kier molecular flexibility index (Phi) is 3.84. The molecule has 4 atom stereocenters. The molecule has 0 spiro atoms. The molecule has 1 aromatic heterocycles. The molecule has 9 heteroatoms. The Morgan fingerprint density at radius 1 is 1.15 bits per heavy atom. The molecular formula is C18H16N2O7. The summed E-state index contributed by atoms with van der Waals surface area (Å²) >= 11 is 0. The quantitative estimate of drug-likeness (QED) is 0.322. The second-order valence-electron chi connectivity index (χ2n) is 6.57. The van der Waals surface area contributed by atoms with Crippen molar-refractivity contribution in [1.29, 1.82) is 0 Å². The summed E-state index contributed by atoms with van der Waals surface area (Å²) in [6, 6.07) is 3.10. The summed E-state index contributed by atoms with van der Waals surface area (Å²) in [6.07, 6.45) is 3.97. The van der Waals surface area contributed by atoms with Gasteiger partial charge < -0.3 is 14.2 Å². The highest BCUT2D eigenvalue weighted by Crippen LogP contribution is 2.54. The molecule has 3 aliphatic rings. The van der Waals surface area contributed by atoms with Crippen LogP contribution in [0.2, 0.25) is 0 Å². The summed E-state index contributed by atoms with van der Waals surface area (Å²) in [5, 5.41) is 0. The van der Waals surface area contributed by atoms with Crippen LogP contribution in [0.3, 0.4) is 0 Å². The lowest BCUT2D eigenvalue weighted by Crippen LogP contribution is -2.52. The molecule has 4 heterocycles. The van der Waals surface area contributed by atoms with Gasteiger partial charge in [0.15, 0.2) is 5.60 Å². The number of esters is 2. The number of anilines is 1. The first-order chi connectivity index (χ1) is 12.8. The number of amides is 2. The molecule has 2 fully saturated rings. The third-order valence-corrected chi connectivity index (χ3v) is 4.91. The standard InChI is InChI=1S/C18H16N2O7/c1-9(21)25-17(26-10(2)22)18-6-3-12(27-18)13-14(18)16(24)20(15(13)23)11-4-7-19-8-5-11/h3-8,12-14,17H,1-2H3/t12-,13+,14+,18+/m1/s1. The summed E-state index contributed by atoms with van der Waals surface area (Å²) in [6.45, 7) is 2.31. The maximum Gasteiger partial charge on any atom is 0.305 e. The first-order valence-electron chi connectivity index (χ1n) is 8.34. The fourth-order valence-electron chi connectivity index (χ4n) is 3.96. The Labute approximate surface area is 153 Å². The van der Waals surface area contributed by atoms with Crippen LogP contribution in [-0.2, 0) is 33.4 Å². The highest BCUT2D eigenvalue weighted by Gasteiger charge is 2.72. The van der Waals surface area contributed by atoms with Crippen molar-refractivity contribution in [1.82, 2.24) is 4.98 Å². The fraction of sp³-hybridized carbons (Fsp3) is 0.389. The molecule has 0 saturated carbocycles. The molecule has 0 aliphatic carbocycles. The molecule has 2 saturated heterocycles. The number of rotatable bonds is 4. The Hall–Kier alpha value is -3.07. The Bertz CT molecular complexity index is 852. The summed E-state index contributed by atoms with van der Waals surface area (Å²) in [5.41, 5.74) is -1.15. The highest BCUT2D eigenvalue weighted by atomic mass is 16.7. The van der Waals surface area contributed by atoms with Gasteiger partial charge in [0, 0.05) is 26.2 Å². The molecule has 0 N–H and O–H groups in total. The van der Waals surface area contributed by atoms with Gasteiger partial charge in [-0.25, -0.2) is 4.90 Å². The number of pyridine rings is 1. The van der Waals surface area contributed by atoms with Crippen molar-refractivity contribution in [3.05, 3.63) is 36.7 Å². The van der Waals surface area contributed by atoms with Crippen molar-refractivity contribution in [2.75, 3.05) is 4.90 Å². The number of nitrogens with zero attached hydrogens (tertiary/aromatic N) is 2. The molecular weight excluding hydrogens is 356 g/mol. The van der Waals surface area contributed by atoms with Crippen LogP contribution in [-0.4, -0.2) is 46.7 Å². The topological polar surface area (TPSA) is 112 Å². The van der Waals surface area contributed by atoms with Crippen LogP contribution in [0.5, 0.6) is 0 Å². The maximum absolute atomic E-state index is 13.2. The number of imide groups is 1. The minimum atomic E-state index is -1.54. The molecule has 0 unspecified atom stereocenters. The van der Waals surface area contributed by atoms with Crippen molar-refractivity contribution in [2.45, 2.75) is 31.8 Å². The number of carbonyl (C=O) groups is 4. The van der Waals surface area contributed by atoms with E-state index in [0.717, 1.165) is 18.7 Å². The van der Waals surface area contributed by atoms with Crippen LogP contribution in [0.25, 0.3) is 0 Å². The first-order valence-corrected chi connectivity index (χ1v) is 8.34. The number of hydrogen-bond acceptors (Lipinski definition) is 8. The number of aromatic nitrogens is 1. The molecule has 2 bridgehead atoms. The molecule has 9 nitrogen and oxygen atoms in total. The molecule has 0 radical (unpaired) electrons. The second-order valence-corrected chi connectivity index (χ2v) is 6.57. The van der Waals surface area contributed by atoms with E-state index < -0.39 is 53.6 Å². The number of fused-ring (bicyclic) bond motifs is 5. The minimum Gasteiger partial charge on any atom is -0.422 e. The van der Waals surface area contributed by atoms with Crippen LogP contribution in [0.4, 0.5) is 5.69 Å². The van der Waals surface area contributed by atoms with Gasteiger partial charge in [-0.1, -0.05) is 6.08 Å². The normalized spacial score (nSPS) is 30.8. The van der Waals surface area contributed by atoms with E-state index in [0.29, 0.717) is 5.69 Å². The van der Waals surface area contributed by atoms with E-state index in [1.807, 2.05) is 0 Å². The van der Waals surface area contributed by atoms with E-state index >= 15 is 0 Å². The van der Waals surface area contributed by atoms with Crippen molar-refractivity contribution < 1.29 is 33.4 Å². The van der Waals surface area contributed by atoms with Crippen LogP contribution in [0, 0.1) is 11.8 Å². The molecule has 1 aromatic rings. The summed E-state index contributed by atoms with van der Waals surface area (Å²) in [5.74, 6) is -4.10. The van der Waals surface area contributed by atoms with Crippen molar-refractivity contribution >= 4 is 29.4 Å². The number of hydrogen-bond donors (Lipinski definition) is 0. The van der Waals surface area contributed by atoms with Crippen LogP contribution in [0.15, 0.2) is 36.7 Å². The van der Waals surface area contributed by atoms with Gasteiger partial charge in [0.1, 0.15) is 0 Å². The average Bonchev–Trinajstić information content (AvgIpc) is 3.26. The van der Waals surface area contributed by atoms with Gasteiger partial charge in [-0.2, -0.15) is 0 Å². The Morgan fingerprint density at radius 3 is 2.37 bits per heavy atom. The monoisotopic (exact) mass is 372 g/mol. The average molecular weight is 372 g/mol. The third kappa shape index (κ3) is 2.46. The molecule has 2 amide bonds. The lowest BCUT2D eigenvalue weighted by atomic mass is 9.76. The van der Waals surface area contributed by atoms with Gasteiger partial charge in [-0.15, -0.1) is 0 Å². The van der Waals surface area contributed by atoms with Crippen molar-refractivity contribution in [3.8, 4) is 0 Å².